The summed E-state index contributed by atoms with van der Waals surface area (Å²) < 4.78 is 11.0. The van der Waals surface area contributed by atoms with Crippen LogP contribution in [0.15, 0.2) is 0 Å². The van der Waals surface area contributed by atoms with Crippen LogP contribution in [0.5, 0.6) is 0 Å². The molecule has 8 N–H and O–H groups in total. The Balaban J connectivity index is 2.32. The first kappa shape index (κ1) is 49.1. The molecule has 1 heterocycles. The number of ether oxygens (including phenoxy) is 2. The van der Waals surface area contributed by atoms with Gasteiger partial charge in [0.05, 0.1) is 25.4 Å². The van der Waals surface area contributed by atoms with Gasteiger partial charge in [0.1, 0.15) is 36.6 Å². The van der Waals surface area contributed by atoms with Crippen molar-refractivity contribution >= 4 is 5.91 Å². The minimum Gasteiger partial charge on any atom is -0.394 e. The summed E-state index contributed by atoms with van der Waals surface area (Å²) in [5.41, 5.74) is 0. The monoisotopic (exact) mass is 748 g/mol. The van der Waals surface area contributed by atoms with Crippen LogP contribution in [0.1, 0.15) is 187 Å². The first-order valence-corrected chi connectivity index (χ1v) is 21.4. The Morgan fingerprint density at radius 1 is 0.596 bits per heavy atom. The van der Waals surface area contributed by atoms with Crippen LogP contribution in [0.4, 0.5) is 0 Å². The molecule has 0 aromatic carbocycles. The van der Waals surface area contributed by atoms with E-state index in [2.05, 4.69) is 19.2 Å². The predicted molar refractivity (Wildman–Crippen MR) is 206 cm³/mol. The Morgan fingerprint density at radius 2 is 1.00 bits per heavy atom. The number of amides is 1. The highest BCUT2D eigenvalue weighted by Crippen LogP contribution is 2.23. The Kier molecular flexibility index (Phi) is 30.6. The number of aliphatic hydroxyl groups is 7. The molecule has 0 unspecified atom stereocenters. The van der Waals surface area contributed by atoms with E-state index in [0.717, 1.165) is 44.9 Å². The fraction of sp³-hybridized carbons (Fsp3) is 0.976. The standard InChI is InChI=1S/C41H81NO10/c1-3-5-7-9-10-11-12-13-14-15-16-17-18-19-20-21-22-23-25-27-29-34(45)40(50)42-32(36(46)33(44)28-26-24-8-6-4-2)31-51-41-39(49)38(48)37(47)35(30-43)52-41/h32-39,41,43-49H,3-31H2,1-2H3,(H,42,50)/t32-,33+,34+,35+,36-,37-,38-,39+,41-/m0/s1. The molecule has 0 aromatic heterocycles. The second-order valence-electron chi connectivity index (χ2n) is 15.4. The third-order valence-electron chi connectivity index (χ3n) is 10.7. The molecule has 1 rings (SSSR count). The van der Waals surface area contributed by atoms with Crippen LogP contribution in [0.2, 0.25) is 0 Å². The normalized spacial score (nSPS) is 23.0. The summed E-state index contributed by atoms with van der Waals surface area (Å²) >= 11 is 0. The molecule has 0 spiro atoms. The van der Waals surface area contributed by atoms with Gasteiger partial charge in [0, 0.05) is 0 Å². The van der Waals surface area contributed by atoms with E-state index in [0.29, 0.717) is 19.3 Å². The van der Waals surface area contributed by atoms with Crippen molar-refractivity contribution < 1.29 is 50.0 Å². The number of unbranched alkanes of at least 4 members (excludes halogenated alkanes) is 23. The van der Waals surface area contributed by atoms with E-state index in [-0.39, 0.29) is 6.42 Å². The van der Waals surface area contributed by atoms with Gasteiger partial charge in [0.25, 0.3) is 0 Å². The van der Waals surface area contributed by atoms with Crippen LogP contribution in [0, 0.1) is 0 Å². The smallest absolute Gasteiger partial charge is 0.249 e. The van der Waals surface area contributed by atoms with Crippen LogP contribution in [0.25, 0.3) is 0 Å². The van der Waals surface area contributed by atoms with Gasteiger partial charge in [-0.2, -0.15) is 0 Å². The van der Waals surface area contributed by atoms with Gasteiger partial charge in [0.15, 0.2) is 6.29 Å². The minimum absolute atomic E-state index is 0.265. The van der Waals surface area contributed by atoms with E-state index >= 15 is 0 Å². The summed E-state index contributed by atoms with van der Waals surface area (Å²) in [6, 6.07) is -1.16. The number of aliphatic hydroxyl groups excluding tert-OH is 7. The van der Waals surface area contributed by atoms with E-state index in [1.54, 1.807) is 0 Å². The zero-order chi connectivity index (χ0) is 38.4. The molecule has 1 saturated heterocycles. The molecule has 1 aliphatic heterocycles. The van der Waals surface area contributed by atoms with Gasteiger partial charge >= 0.3 is 0 Å². The summed E-state index contributed by atoms with van der Waals surface area (Å²) in [6.45, 7) is 3.33. The Labute approximate surface area is 316 Å². The number of carbonyl (C=O) groups excluding carboxylic acids is 1. The minimum atomic E-state index is -1.65. The van der Waals surface area contributed by atoms with Gasteiger partial charge in [-0.1, -0.05) is 174 Å². The van der Waals surface area contributed by atoms with Crippen molar-refractivity contribution in [2.45, 2.75) is 242 Å². The van der Waals surface area contributed by atoms with Crippen molar-refractivity contribution in [3.63, 3.8) is 0 Å². The Hall–Kier alpha value is -0.890. The lowest BCUT2D eigenvalue weighted by Gasteiger charge is -2.40. The molecule has 1 fully saturated rings. The van der Waals surface area contributed by atoms with Crippen molar-refractivity contribution in [1.82, 2.24) is 5.32 Å². The quantitative estimate of drug-likeness (QED) is 0.0360. The summed E-state index contributed by atoms with van der Waals surface area (Å²) in [4.78, 5) is 13.0. The molecule has 1 aliphatic rings. The van der Waals surface area contributed by atoms with Crippen molar-refractivity contribution in [1.29, 1.82) is 0 Å². The van der Waals surface area contributed by atoms with E-state index in [1.165, 1.54) is 103 Å². The summed E-state index contributed by atoms with van der Waals surface area (Å²) in [7, 11) is 0. The molecule has 0 radical (unpaired) electrons. The van der Waals surface area contributed by atoms with Crippen LogP contribution < -0.4 is 5.32 Å². The number of hydrogen-bond donors (Lipinski definition) is 8. The third-order valence-corrected chi connectivity index (χ3v) is 10.7. The molecule has 11 heteroatoms. The van der Waals surface area contributed by atoms with Crippen LogP contribution in [-0.4, -0.2) is 110 Å². The van der Waals surface area contributed by atoms with Crippen LogP contribution in [0.3, 0.4) is 0 Å². The molecular formula is C41H81NO10. The maximum Gasteiger partial charge on any atom is 0.249 e. The highest BCUT2D eigenvalue weighted by atomic mass is 16.7. The first-order valence-electron chi connectivity index (χ1n) is 21.4. The molecule has 52 heavy (non-hydrogen) atoms. The number of hydrogen-bond acceptors (Lipinski definition) is 10. The van der Waals surface area contributed by atoms with Crippen molar-refractivity contribution in [2.24, 2.45) is 0 Å². The van der Waals surface area contributed by atoms with E-state index < -0.39 is 74.2 Å². The molecule has 0 aliphatic carbocycles. The number of carbonyl (C=O) groups is 1. The average molecular weight is 748 g/mol. The summed E-state index contributed by atoms with van der Waals surface area (Å²) in [5.74, 6) is -0.700. The highest BCUT2D eigenvalue weighted by molar-refractivity contribution is 5.80. The van der Waals surface area contributed by atoms with Crippen molar-refractivity contribution in [2.75, 3.05) is 13.2 Å². The molecular weight excluding hydrogens is 666 g/mol. The second kappa shape index (κ2) is 32.4. The van der Waals surface area contributed by atoms with Gasteiger partial charge < -0.3 is 50.5 Å². The zero-order valence-electron chi connectivity index (χ0n) is 33.1. The molecule has 11 nitrogen and oxygen atoms in total. The second-order valence-corrected chi connectivity index (χ2v) is 15.4. The topological polar surface area (TPSA) is 189 Å². The van der Waals surface area contributed by atoms with Gasteiger partial charge in [0.2, 0.25) is 5.91 Å². The SMILES string of the molecule is CCCCCCCCCCCCCCCCCCCCCC[C@@H](O)C(=O)N[C@@H](CO[C@H]1O[C@H](CO)[C@H](O)[C@H](O)[C@H]1O)[C@H](O)[C@H](O)CCCCCCC. The Morgan fingerprint density at radius 3 is 1.42 bits per heavy atom. The maximum absolute atomic E-state index is 13.0. The van der Waals surface area contributed by atoms with Gasteiger partial charge in [-0.3, -0.25) is 4.79 Å². The fourth-order valence-corrected chi connectivity index (χ4v) is 7.03. The zero-order valence-corrected chi connectivity index (χ0v) is 33.1. The van der Waals surface area contributed by atoms with E-state index in [9.17, 15) is 40.5 Å². The summed E-state index contributed by atoms with van der Waals surface area (Å²) in [6.07, 6.45) is 19.4. The largest absolute Gasteiger partial charge is 0.394 e. The molecule has 0 bridgehead atoms. The molecule has 9 atom stereocenters. The lowest BCUT2D eigenvalue weighted by atomic mass is 9.98. The highest BCUT2D eigenvalue weighted by Gasteiger charge is 2.44. The van der Waals surface area contributed by atoms with E-state index in [4.69, 9.17) is 9.47 Å². The lowest BCUT2D eigenvalue weighted by molar-refractivity contribution is -0.303. The average Bonchev–Trinajstić information content (AvgIpc) is 3.14. The molecule has 0 aromatic rings. The van der Waals surface area contributed by atoms with Gasteiger partial charge in [-0.05, 0) is 12.8 Å². The van der Waals surface area contributed by atoms with Gasteiger partial charge in [-0.25, -0.2) is 0 Å². The number of nitrogens with one attached hydrogen (secondary N) is 1. The predicted octanol–water partition coefficient (Wildman–Crippen LogP) is 5.94. The third kappa shape index (κ3) is 22.5. The molecule has 310 valence electrons. The van der Waals surface area contributed by atoms with Crippen molar-refractivity contribution in [3.8, 4) is 0 Å². The molecule has 0 saturated carbocycles. The summed E-state index contributed by atoms with van der Waals surface area (Å²) in [5, 5.41) is 74.9. The van der Waals surface area contributed by atoms with Crippen LogP contribution in [-0.2, 0) is 14.3 Å². The van der Waals surface area contributed by atoms with E-state index in [1.807, 2.05) is 0 Å². The van der Waals surface area contributed by atoms with Crippen LogP contribution >= 0.6 is 0 Å². The molecule has 1 amide bonds. The fourth-order valence-electron chi connectivity index (χ4n) is 7.03. The number of rotatable bonds is 35. The van der Waals surface area contributed by atoms with Gasteiger partial charge in [-0.15, -0.1) is 0 Å². The lowest BCUT2D eigenvalue weighted by Crippen LogP contribution is -2.60. The van der Waals surface area contributed by atoms with Crippen molar-refractivity contribution in [3.05, 3.63) is 0 Å². The maximum atomic E-state index is 13.0. The Bertz CT molecular complexity index is 820. The first-order chi connectivity index (χ1) is 25.2.